The minimum atomic E-state index is -0.763. The predicted octanol–water partition coefficient (Wildman–Crippen LogP) is 2.65. The van der Waals surface area contributed by atoms with Gasteiger partial charge in [0.2, 0.25) is 11.8 Å². The van der Waals surface area contributed by atoms with E-state index in [1.807, 2.05) is 54.6 Å². The van der Waals surface area contributed by atoms with Crippen LogP contribution < -0.4 is 5.32 Å². The molecule has 3 unspecified atom stereocenters. The number of urea groups is 1. The fourth-order valence-corrected chi connectivity index (χ4v) is 5.95. The Labute approximate surface area is 214 Å². The van der Waals surface area contributed by atoms with Crippen molar-refractivity contribution in [3.8, 4) is 0 Å². The second kappa shape index (κ2) is 9.15. The smallest absolute Gasteiger partial charge is 0.332 e. The van der Waals surface area contributed by atoms with Crippen LogP contribution in [-0.2, 0) is 22.7 Å². The van der Waals surface area contributed by atoms with Gasteiger partial charge in [0, 0.05) is 18.5 Å². The van der Waals surface area contributed by atoms with Crippen LogP contribution >= 0.6 is 0 Å². The summed E-state index contributed by atoms with van der Waals surface area (Å²) in [6.07, 6.45) is 7.84. The maximum Gasteiger partial charge on any atom is 0.332 e. The molecule has 1 N–H and O–H groups in total. The van der Waals surface area contributed by atoms with Gasteiger partial charge in [-0.1, -0.05) is 66.8 Å². The lowest BCUT2D eigenvalue weighted by molar-refractivity contribution is -0.158. The van der Waals surface area contributed by atoms with Crippen molar-refractivity contribution in [2.24, 2.45) is 5.41 Å². The third kappa shape index (κ3) is 4.09. The van der Waals surface area contributed by atoms with E-state index in [4.69, 9.17) is 0 Å². The normalized spacial score (nSPS) is 28.1. The van der Waals surface area contributed by atoms with E-state index in [2.05, 4.69) is 5.32 Å². The summed E-state index contributed by atoms with van der Waals surface area (Å²) in [5, 5.41) is 6.44. The summed E-state index contributed by atoms with van der Waals surface area (Å²) in [4.78, 5) is 44.3. The third-order valence-electron chi connectivity index (χ3n) is 7.74. The van der Waals surface area contributed by atoms with Gasteiger partial charge in [-0.2, -0.15) is 5.01 Å². The van der Waals surface area contributed by atoms with Crippen LogP contribution in [0.1, 0.15) is 17.5 Å². The van der Waals surface area contributed by atoms with Crippen molar-refractivity contribution < 1.29 is 18.8 Å². The summed E-state index contributed by atoms with van der Waals surface area (Å²) in [5.41, 5.74) is 1.02. The van der Waals surface area contributed by atoms with E-state index in [9.17, 15) is 18.8 Å². The summed E-state index contributed by atoms with van der Waals surface area (Å²) in [6.45, 7) is 1.23. The molecule has 8 nitrogen and oxygen atoms in total. The maximum absolute atomic E-state index is 14.0. The van der Waals surface area contributed by atoms with E-state index in [1.54, 1.807) is 32.0 Å². The molecule has 4 bridgehead atoms. The quantitative estimate of drug-likeness (QED) is 0.699. The molecule has 3 fully saturated rings. The molecule has 1 spiro atoms. The van der Waals surface area contributed by atoms with Gasteiger partial charge in [-0.05, 0) is 29.7 Å². The maximum atomic E-state index is 14.0. The van der Waals surface area contributed by atoms with Crippen LogP contribution in [0.25, 0.3) is 0 Å². The van der Waals surface area contributed by atoms with Crippen molar-refractivity contribution >= 4 is 17.8 Å². The monoisotopic (exact) mass is 501 g/mol. The molecule has 1 aliphatic carbocycles. The van der Waals surface area contributed by atoms with Gasteiger partial charge in [0.25, 0.3) is 0 Å². The minimum absolute atomic E-state index is 0.0349. The highest BCUT2D eigenvalue weighted by Gasteiger charge is 2.61. The molecule has 9 heteroatoms. The Hall–Kier alpha value is -3.98. The number of amides is 4. The number of hydrazine groups is 1. The van der Waals surface area contributed by atoms with Gasteiger partial charge in [0.1, 0.15) is 18.0 Å². The van der Waals surface area contributed by atoms with Crippen molar-refractivity contribution in [1.29, 1.82) is 0 Å². The molecule has 4 atom stereocenters. The molecular weight excluding hydrogens is 473 g/mol. The summed E-state index contributed by atoms with van der Waals surface area (Å²) in [7, 11) is 0. The summed E-state index contributed by atoms with van der Waals surface area (Å²) >= 11 is 0. The van der Waals surface area contributed by atoms with Gasteiger partial charge >= 0.3 is 6.03 Å². The SMILES string of the molecule is O=C1[C@H]2N3C(=O)CN(C3CN1Cc1ccc(F)cc1)N(C(=O)NCc1ccccc1)CC21C=CC=CC1. The summed E-state index contributed by atoms with van der Waals surface area (Å²) in [6, 6.07) is 14.7. The number of piperazine rings is 1. The molecule has 4 aliphatic rings. The van der Waals surface area contributed by atoms with Crippen molar-refractivity contribution in [2.45, 2.75) is 31.7 Å². The number of nitrogens with zero attached hydrogens (tertiary/aromatic N) is 4. The van der Waals surface area contributed by atoms with Gasteiger partial charge in [-0.3, -0.25) is 14.6 Å². The second-order valence-electron chi connectivity index (χ2n) is 10.1. The largest absolute Gasteiger partial charge is 0.333 e. The highest BCUT2D eigenvalue weighted by Crippen LogP contribution is 2.45. The summed E-state index contributed by atoms with van der Waals surface area (Å²) in [5.74, 6) is -0.645. The zero-order chi connectivity index (χ0) is 25.6. The first-order valence-electron chi connectivity index (χ1n) is 12.5. The molecule has 3 saturated heterocycles. The Kier molecular flexibility index (Phi) is 5.79. The van der Waals surface area contributed by atoms with Gasteiger partial charge in [0.05, 0.1) is 19.6 Å². The number of fused-ring (bicyclic) bond motifs is 1. The Morgan fingerprint density at radius 3 is 2.54 bits per heavy atom. The number of carbonyl (C=O) groups excluding carboxylic acids is 3. The lowest BCUT2D eigenvalue weighted by atomic mass is 9.72. The van der Waals surface area contributed by atoms with Crippen molar-refractivity contribution in [3.05, 3.63) is 95.8 Å². The zero-order valence-corrected chi connectivity index (χ0v) is 20.3. The molecule has 0 aromatic heterocycles. The minimum Gasteiger partial charge on any atom is -0.333 e. The van der Waals surface area contributed by atoms with Crippen molar-refractivity contribution in [1.82, 2.24) is 25.1 Å². The standard InChI is InChI=1S/C28H28FN5O3/c29-22-11-9-21(10-12-22)16-31-17-23-32-18-24(35)34(23)25(26(31)36)28(13-5-2-6-14-28)19-33(32)27(37)30-15-20-7-3-1-4-8-20/h1-13,23,25H,14-19H2,(H,30,37)/t23?,25-,28?/m1/s1. The zero-order valence-electron chi connectivity index (χ0n) is 20.3. The van der Waals surface area contributed by atoms with E-state index < -0.39 is 17.6 Å². The van der Waals surface area contributed by atoms with Gasteiger partial charge in [0.15, 0.2) is 0 Å². The number of hydrogen-bond donors (Lipinski definition) is 1. The fourth-order valence-electron chi connectivity index (χ4n) is 5.95. The number of benzene rings is 2. The number of carbonyl (C=O) groups is 3. The Morgan fingerprint density at radius 2 is 1.81 bits per heavy atom. The third-order valence-corrected chi connectivity index (χ3v) is 7.74. The van der Waals surface area contributed by atoms with Crippen molar-refractivity contribution in [2.75, 3.05) is 19.6 Å². The molecular formula is C28H28FN5O3. The number of rotatable bonds is 4. The predicted molar refractivity (Wildman–Crippen MR) is 134 cm³/mol. The number of allylic oxidation sites excluding steroid dienone is 3. The molecule has 0 saturated carbocycles. The van der Waals surface area contributed by atoms with E-state index >= 15 is 0 Å². The van der Waals surface area contributed by atoms with E-state index in [-0.39, 0.29) is 43.3 Å². The number of halogens is 1. The van der Waals surface area contributed by atoms with E-state index in [1.165, 1.54) is 12.1 Å². The molecule has 2 aromatic rings. The second-order valence-corrected chi connectivity index (χ2v) is 10.1. The van der Waals surface area contributed by atoms with Gasteiger partial charge < -0.3 is 15.1 Å². The molecule has 4 amide bonds. The van der Waals surface area contributed by atoms with Gasteiger partial charge in [-0.15, -0.1) is 0 Å². The first-order chi connectivity index (χ1) is 17.9. The molecule has 6 rings (SSSR count). The van der Waals surface area contributed by atoms with Crippen LogP contribution in [0.5, 0.6) is 0 Å². The Balaban J connectivity index is 1.34. The average Bonchev–Trinajstić information content (AvgIpc) is 3.19. The lowest BCUT2D eigenvalue weighted by Crippen LogP contribution is -2.66. The number of nitrogens with one attached hydrogen (secondary N) is 1. The van der Waals surface area contributed by atoms with Crippen LogP contribution in [0.15, 0.2) is 78.9 Å². The molecule has 190 valence electrons. The average molecular weight is 502 g/mol. The highest BCUT2D eigenvalue weighted by molar-refractivity contribution is 5.93. The lowest BCUT2D eigenvalue weighted by Gasteiger charge is -2.48. The molecule has 3 heterocycles. The number of hydrogen-bond acceptors (Lipinski definition) is 4. The summed E-state index contributed by atoms with van der Waals surface area (Å²) < 4.78 is 13.5. The topological polar surface area (TPSA) is 76.2 Å². The van der Waals surface area contributed by atoms with Crippen molar-refractivity contribution in [3.63, 3.8) is 0 Å². The molecule has 3 aliphatic heterocycles. The molecule has 2 aromatic carbocycles. The van der Waals surface area contributed by atoms with Crippen LogP contribution in [0, 0.1) is 11.2 Å². The Bertz CT molecular complexity index is 1280. The van der Waals surface area contributed by atoms with Crippen LogP contribution in [-0.4, -0.2) is 69.5 Å². The van der Waals surface area contributed by atoms with E-state index in [0.717, 1.165) is 11.1 Å². The first kappa shape index (κ1) is 23.4. The Morgan fingerprint density at radius 1 is 1.03 bits per heavy atom. The van der Waals surface area contributed by atoms with Crippen LogP contribution in [0.2, 0.25) is 0 Å². The molecule has 0 radical (unpaired) electrons. The molecule has 37 heavy (non-hydrogen) atoms. The van der Waals surface area contributed by atoms with Gasteiger partial charge in [-0.25, -0.2) is 9.18 Å². The van der Waals surface area contributed by atoms with E-state index in [0.29, 0.717) is 19.5 Å². The first-order valence-corrected chi connectivity index (χ1v) is 12.5. The fraction of sp³-hybridized carbons (Fsp3) is 0.321. The van der Waals surface area contributed by atoms with Crippen LogP contribution in [0.4, 0.5) is 9.18 Å². The van der Waals surface area contributed by atoms with Crippen LogP contribution in [0.3, 0.4) is 0 Å². The highest BCUT2D eigenvalue weighted by atomic mass is 19.1.